The van der Waals surface area contributed by atoms with Gasteiger partial charge in [0.2, 0.25) is 0 Å². The summed E-state index contributed by atoms with van der Waals surface area (Å²) in [5.41, 5.74) is 2.83. The highest BCUT2D eigenvalue weighted by atomic mass is 16.5. The molecule has 1 amide bonds. The van der Waals surface area contributed by atoms with Crippen LogP contribution in [0.25, 0.3) is 0 Å². The lowest BCUT2D eigenvalue weighted by atomic mass is 9.87. The molecule has 0 spiro atoms. The molecule has 0 saturated carbocycles. The van der Waals surface area contributed by atoms with Crippen LogP contribution in [-0.4, -0.2) is 20.1 Å². The summed E-state index contributed by atoms with van der Waals surface area (Å²) in [5.74, 6) is 1.31. The van der Waals surface area contributed by atoms with E-state index in [2.05, 4.69) is 26.1 Å². The fourth-order valence-corrected chi connectivity index (χ4v) is 2.40. The van der Waals surface area contributed by atoms with E-state index in [9.17, 15) is 4.79 Å². The Balaban J connectivity index is 2.05. The maximum absolute atomic E-state index is 12.3. The van der Waals surface area contributed by atoms with E-state index in [0.717, 1.165) is 11.3 Å². The van der Waals surface area contributed by atoms with Gasteiger partial charge in [-0.25, -0.2) is 0 Å². The van der Waals surface area contributed by atoms with Crippen molar-refractivity contribution in [3.63, 3.8) is 0 Å². The van der Waals surface area contributed by atoms with Gasteiger partial charge in [0.05, 0.1) is 14.2 Å². The molecule has 0 atom stereocenters. The number of carbonyl (C=O) groups excluding carboxylic acids is 1. The summed E-state index contributed by atoms with van der Waals surface area (Å²) in [6, 6.07) is 13.3. The molecule has 0 saturated heterocycles. The molecule has 0 aliphatic heterocycles. The molecule has 24 heavy (non-hydrogen) atoms. The third-order valence-electron chi connectivity index (χ3n) is 3.95. The van der Waals surface area contributed by atoms with Crippen LogP contribution in [0.5, 0.6) is 11.5 Å². The lowest BCUT2D eigenvalue weighted by molar-refractivity contribution is 0.0950. The fraction of sp³-hybridized carbons (Fsp3) is 0.350. The van der Waals surface area contributed by atoms with Crippen LogP contribution in [0.2, 0.25) is 0 Å². The van der Waals surface area contributed by atoms with Crippen LogP contribution in [0.1, 0.15) is 42.3 Å². The predicted octanol–water partition coefficient (Wildman–Crippen LogP) is 3.93. The van der Waals surface area contributed by atoms with Crippen molar-refractivity contribution in [3.8, 4) is 11.5 Å². The molecular weight excluding hydrogens is 302 g/mol. The summed E-state index contributed by atoms with van der Waals surface area (Å²) in [4.78, 5) is 12.3. The highest BCUT2D eigenvalue weighted by Crippen LogP contribution is 2.25. The molecule has 2 aromatic carbocycles. The number of hydrogen-bond acceptors (Lipinski definition) is 3. The Morgan fingerprint density at radius 2 is 1.67 bits per heavy atom. The van der Waals surface area contributed by atoms with Crippen molar-refractivity contribution in [2.45, 2.75) is 32.7 Å². The van der Waals surface area contributed by atoms with Crippen LogP contribution < -0.4 is 14.8 Å². The number of ether oxygens (including phenoxy) is 2. The van der Waals surface area contributed by atoms with Gasteiger partial charge in [-0.3, -0.25) is 4.79 Å². The summed E-state index contributed by atoms with van der Waals surface area (Å²) >= 11 is 0. The van der Waals surface area contributed by atoms with Crippen LogP contribution in [0, 0.1) is 0 Å². The third kappa shape index (κ3) is 4.28. The molecular formula is C20H25NO3. The van der Waals surface area contributed by atoms with Gasteiger partial charge in [-0.15, -0.1) is 0 Å². The van der Waals surface area contributed by atoms with Crippen LogP contribution in [-0.2, 0) is 12.0 Å². The van der Waals surface area contributed by atoms with Gasteiger partial charge in [0.15, 0.2) is 0 Å². The van der Waals surface area contributed by atoms with Gasteiger partial charge in [0.25, 0.3) is 5.91 Å². The molecule has 0 aromatic heterocycles. The van der Waals surface area contributed by atoms with Crippen LogP contribution in [0.4, 0.5) is 0 Å². The third-order valence-corrected chi connectivity index (χ3v) is 3.95. The first-order valence-corrected chi connectivity index (χ1v) is 7.95. The molecule has 4 nitrogen and oxygen atoms in total. The quantitative estimate of drug-likeness (QED) is 0.905. The van der Waals surface area contributed by atoms with Gasteiger partial charge in [-0.1, -0.05) is 32.9 Å². The second kappa shape index (κ2) is 7.39. The highest BCUT2D eigenvalue weighted by Gasteiger charge is 2.14. The maximum atomic E-state index is 12.3. The molecule has 1 N–H and O–H groups in total. The maximum Gasteiger partial charge on any atom is 0.251 e. The van der Waals surface area contributed by atoms with Gasteiger partial charge < -0.3 is 14.8 Å². The fourth-order valence-electron chi connectivity index (χ4n) is 2.40. The minimum Gasteiger partial charge on any atom is -0.497 e. The smallest absolute Gasteiger partial charge is 0.251 e. The van der Waals surface area contributed by atoms with Crippen molar-refractivity contribution in [1.29, 1.82) is 0 Å². The lowest BCUT2D eigenvalue weighted by Crippen LogP contribution is -2.23. The zero-order valence-corrected chi connectivity index (χ0v) is 15.0. The molecule has 0 unspecified atom stereocenters. The van der Waals surface area contributed by atoms with Crippen molar-refractivity contribution in [1.82, 2.24) is 5.32 Å². The molecule has 0 aliphatic carbocycles. The molecule has 0 fully saturated rings. The Labute approximate surface area is 143 Å². The first-order chi connectivity index (χ1) is 11.3. The Morgan fingerprint density at radius 1 is 1.00 bits per heavy atom. The number of benzene rings is 2. The van der Waals surface area contributed by atoms with Gasteiger partial charge in [0, 0.05) is 23.7 Å². The summed E-state index contributed by atoms with van der Waals surface area (Å²) in [5, 5.41) is 2.93. The van der Waals surface area contributed by atoms with Crippen LogP contribution in [0.3, 0.4) is 0 Å². The zero-order valence-electron chi connectivity index (χ0n) is 15.0. The standard InChI is InChI=1S/C20H25NO3/c1-20(2,3)16-9-6-14(7-10-16)19(22)21-13-15-8-11-17(23-4)12-18(15)24-5/h6-12H,13H2,1-5H3,(H,21,22). The lowest BCUT2D eigenvalue weighted by Gasteiger charge is -2.19. The number of rotatable bonds is 5. The second-order valence-corrected chi connectivity index (χ2v) is 6.69. The summed E-state index contributed by atoms with van der Waals surface area (Å²) in [7, 11) is 3.21. The van der Waals surface area contributed by atoms with E-state index in [1.54, 1.807) is 20.3 Å². The Hall–Kier alpha value is -2.49. The first-order valence-electron chi connectivity index (χ1n) is 7.95. The summed E-state index contributed by atoms with van der Waals surface area (Å²) < 4.78 is 10.5. The zero-order chi connectivity index (χ0) is 17.7. The molecule has 0 bridgehead atoms. The number of carbonyl (C=O) groups is 1. The number of methoxy groups -OCH3 is 2. The number of hydrogen-bond donors (Lipinski definition) is 1. The Morgan fingerprint density at radius 3 is 2.21 bits per heavy atom. The van der Waals surface area contributed by atoms with E-state index in [-0.39, 0.29) is 11.3 Å². The van der Waals surface area contributed by atoms with Crippen molar-refractivity contribution in [2.75, 3.05) is 14.2 Å². The van der Waals surface area contributed by atoms with Crippen LogP contribution >= 0.6 is 0 Å². The molecule has 2 aromatic rings. The van der Waals surface area contributed by atoms with E-state index >= 15 is 0 Å². The average Bonchev–Trinajstić information content (AvgIpc) is 2.58. The molecule has 0 radical (unpaired) electrons. The molecule has 2 rings (SSSR count). The van der Waals surface area contributed by atoms with Gasteiger partial charge in [-0.05, 0) is 35.2 Å². The molecule has 4 heteroatoms. The van der Waals surface area contributed by atoms with Crippen molar-refractivity contribution >= 4 is 5.91 Å². The Bertz CT molecular complexity index is 700. The van der Waals surface area contributed by atoms with Gasteiger partial charge >= 0.3 is 0 Å². The van der Waals surface area contributed by atoms with Crippen molar-refractivity contribution < 1.29 is 14.3 Å². The van der Waals surface area contributed by atoms with Crippen molar-refractivity contribution in [3.05, 3.63) is 59.2 Å². The predicted molar refractivity (Wildman–Crippen MR) is 95.9 cm³/mol. The SMILES string of the molecule is COc1ccc(CNC(=O)c2ccc(C(C)(C)C)cc2)c(OC)c1. The normalized spacial score (nSPS) is 11.0. The van der Waals surface area contributed by atoms with E-state index in [4.69, 9.17) is 9.47 Å². The van der Waals surface area contributed by atoms with Crippen molar-refractivity contribution in [2.24, 2.45) is 0 Å². The number of amides is 1. The minimum atomic E-state index is -0.103. The first kappa shape index (κ1) is 17.9. The van der Waals surface area contributed by atoms with Gasteiger partial charge in [0.1, 0.15) is 11.5 Å². The van der Waals surface area contributed by atoms with E-state index in [0.29, 0.717) is 17.9 Å². The topological polar surface area (TPSA) is 47.6 Å². The number of nitrogens with one attached hydrogen (secondary N) is 1. The Kier molecular flexibility index (Phi) is 5.50. The highest BCUT2D eigenvalue weighted by molar-refractivity contribution is 5.94. The largest absolute Gasteiger partial charge is 0.497 e. The molecule has 0 aliphatic rings. The van der Waals surface area contributed by atoms with E-state index in [1.165, 1.54) is 5.56 Å². The van der Waals surface area contributed by atoms with E-state index in [1.807, 2.05) is 36.4 Å². The van der Waals surface area contributed by atoms with Gasteiger partial charge in [-0.2, -0.15) is 0 Å². The van der Waals surface area contributed by atoms with E-state index < -0.39 is 0 Å². The average molecular weight is 327 g/mol. The van der Waals surface area contributed by atoms with Crippen LogP contribution in [0.15, 0.2) is 42.5 Å². The molecule has 0 heterocycles. The second-order valence-electron chi connectivity index (χ2n) is 6.69. The minimum absolute atomic E-state index is 0.0749. The molecule has 128 valence electrons. The summed E-state index contributed by atoms with van der Waals surface area (Å²) in [6.45, 7) is 6.85. The monoisotopic (exact) mass is 327 g/mol. The summed E-state index contributed by atoms with van der Waals surface area (Å²) in [6.07, 6.45) is 0.